The van der Waals surface area contributed by atoms with Crippen molar-refractivity contribution in [3.8, 4) is 34.2 Å². The summed E-state index contributed by atoms with van der Waals surface area (Å²) in [4.78, 5) is 96.4. The molecule has 0 aliphatic heterocycles. The number of nitrogens with zero attached hydrogens (tertiary/aromatic N) is 6. The Bertz CT molecular complexity index is 3800. The number of aromatic nitrogens is 6. The molecule has 1 radical (unpaired) electrons. The Balaban J connectivity index is 0.000000193. The van der Waals surface area contributed by atoms with Crippen LogP contribution >= 0.6 is 0 Å². The molecule has 4 N–H and O–H groups in total. The zero-order chi connectivity index (χ0) is 54.8. The van der Waals surface area contributed by atoms with Gasteiger partial charge in [-0.1, -0.05) is 109 Å². The Morgan fingerprint density at radius 3 is 0.585 bits per heavy atom. The first-order valence-electron chi connectivity index (χ1n) is 23.4. The third-order valence-electron chi connectivity index (χ3n) is 12.4. The molecule has 399 valence electrons. The van der Waals surface area contributed by atoms with Gasteiger partial charge in [-0.25, -0.2) is 49.1 Å². The number of para-hydroxylation sites is 6. The van der Waals surface area contributed by atoms with Crippen LogP contribution in [0.2, 0.25) is 0 Å². The molecule has 0 amide bonds. The smallest absolute Gasteiger partial charge is 0.545 e. The molecule has 0 saturated carbocycles. The predicted octanol–water partition coefficient (Wildman–Crippen LogP) is 2.87. The van der Waals surface area contributed by atoms with E-state index >= 15 is 0 Å². The van der Waals surface area contributed by atoms with E-state index in [-0.39, 0.29) is 138 Å². The molecule has 0 atom stereocenters. The molecule has 6 heterocycles. The number of carbonyl (C=O) groups excluding carboxylic acids is 2. The third kappa shape index (κ3) is 13.0. The topological polar surface area (TPSA) is 307 Å². The van der Waals surface area contributed by atoms with Gasteiger partial charge in [0.25, 0.3) is 0 Å². The normalized spacial score (nSPS) is 10.4. The van der Waals surface area contributed by atoms with Gasteiger partial charge in [-0.3, -0.25) is 0 Å². The van der Waals surface area contributed by atoms with E-state index in [4.69, 9.17) is 0 Å². The summed E-state index contributed by atoms with van der Waals surface area (Å²) in [5.74, 6) is -7.00. The van der Waals surface area contributed by atoms with Crippen LogP contribution in [0.5, 0.6) is 0 Å². The minimum absolute atomic E-state index is 0. The number of fused-ring (bicyclic) bond motifs is 6. The summed E-state index contributed by atoms with van der Waals surface area (Å²) < 4.78 is 0. The van der Waals surface area contributed by atoms with Gasteiger partial charge in [0.05, 0.1) is 101 Å². The SMILES string of the molecule is O=C(O)c1cc(-c2cc(C(=O)O)c3ccccc3n2)nc2ccccc12.O=C(O)c1cc(-c2cc(C(=O)O)c3ccccc3n2)nc2ccccc12.O=C([O-])c1cc(-c2cc(C(=O)[O-])c3ccccc3n2)nc2ccccc12.[Cu+].[Cu].[Na+].[Na+]. The Hall–Kier alpha value is -8.36. The van der Waals surface area contributed by atoms with Crippen molar-refractivity contribution >= 4 is 101 Å². The van der Waals surface area contributed by atoms with Crippen molar-refractivity contribution in [1.29, 1.82) is 0 Å². The van der Waals surface area contributed by atoms with Crippen molar-refractivity contribution < 1.29 is 153 Å². The molecule has 0 saturated heterocycles. The molecule has 18 nitrogen and oxygen atoms in total. The molecule has 0 fully saturated rings. The molecule has 12 rings (SSSR count). The standard InChI is InChI=1S/3C20H12N2O4.2Cu.2Na/c3*23-19(24)13-9-17(21-15-7-3-1-5-11(13)15)18-10-14(20(25)26)12-6-2-4-8-16(12)22-18;;;;/h3*1-10H,(H,23,24)(H,25,26);;;;/q;;;;3*+1/p-2. The average Bonchev–Trinajstić information content (AvgIpc) is 3.48. The van der Waals surface area contributed by atoms with Crippen LogP contribution in [0.1, 0.15) is 62.1 Å². The molecule has 0 unspecified atom stereocenters. The van der Waals surface area contributed by atoms with E-state index in [1.54, 1.807) is 146 Å². The molecule has 6 aromatic heterocycles. The zero-order valence-corrected chi connectivity index (χ0v) is 48.5. The van der Waals surface area contributed by atoms with Crippen molar-refractivity contribution in [2.24, 2.45) is 0 Å². The second-order valence-corrected chi connectivity index (χ2v) is 17.2. The molecule has 82 heavy (non-hydrogen) atoms. The first-order valence-corrected chi connectivity index (χ1v) is 23.4. The van der Waals surface area contributed by atoms with Gasteiger partial charge >= 0.3 is 100 Å². The van der Waals surface area contributed by atoms with E-state index in [0.29, 0.717) is 88.2 Å². The summed E-state index contributed by atoms with van der Waals surface area (Å²) in [5, 5.41) is 64.1. The summed E-state index contributed by atoms with van der Waals surface area (Å²) in [7, 11) is 0. The molecule has 0 aliphatic rings. The van der Waals surface area contributed by atoms with Crippen LogP contribution in [0.4, 0.5) is 0 Å². The number of pyridine rings is 6. The van der Waals surface area contributed by atoms with Crippen LogP contribution in [-0.4, -0.2) is 86.1 Å². The molecule has 0 spiro atoms. The average molecular weight is 1200 g/mol. The Morgan fingerprint density at radius 2 is 0.427 bits per heavy atom. The third-order valence-corrected chi connectivity index (χ3v) is 12.4. The first-order chi connectivity index (χ1) is 37.6. The maximum Gasteiger partial charge on any atom is 1.00 e. The number of carboxylic acids is 6. The van der Waals surface area contributed by atoms with Gasteiger partial charge < -0.3 is 40.2 Å². The number of hydrogen-bond acceptors (Lipinski definition) is 14. The predicted molar refractivity (Wildman–Crippen MR) is 284 cm³/mol. The minimum atomic E-state index is -1.34. The van der Waals surface area contributed by atoms with Crippen molar-refractivity contribution in [1.82, 2.24) is 29.9 Å². The number of hydrogen-bond donors (Lipinski definition) is 4. The Morgan fingerprint density at radius 1 is 0.280 bits per heavy atom. The zero-order valence-electron chi connectivity index (χ0n) is 42.7. The number of carboxylic acid groups (broad SMARTS) is 6. The maximum atomic E-state index is 11.6. The second kappa shape index (κ2) is 26.9. The van der Waals surface area contributed by atoms with Crippen molar-refractivity contribution in [2.75, 3.05) is 0 Å². The van der Waals surface area contributed by atoms with Gasteiger partial charge in [0.15, 0.2) is 0 Å². The van der Waals surface area contributed by atoms with Crippen molar-refractivity contribution in [2.45, 2.75) is 0 Å². The van der Waals surface area contributed by atoms with Crippen LogP contribution < -0.4 is 69.3 Å². The second-order valence-electron chi connectivity index (χ2n) is 17.2. The number of aromatic carboxylic acids is 6. The van der Waals surface area contributed by atoms with Gasteiger partial charge in [0, 0.05) is 60.5 Å². The summed E-state index contributed by atoms with van der Waals surface area (Å²) in [6, 6.07) is 49.5. The van der Waals surface area contributed by atoms with Crippen LogP contribution in [-0.2, 0) is 34.1 Å². The Labute approximate surface area is 528 Å². The van der Waals surface area contributed by atoms with E-state index in [0.717, 1.165) is 0 Å². The molecular weight excluding hydrogens is 1170 g/mol. The molecule has 6 aromatic carbocycles. The van der Waals surface area contributed by atoms with Crippen LogP contribution in [0, 0.1) is 0 Å². The van der Waals surface area contributed by atoms with E-state index in [9.17, 15) is 59.4 Å². The van der Waals surface area contributed by atoms with Crippen LogP contribution in [0.3, 0.4) is 0 Å². The van der Waals surface area contributed by atoms with E-state index in [1.807, 2.05) is 0 Å². The Kier molecular flexibility index (Phi) is 20.6. The number of rotatable bonds is 9. The fourth-order valence-corrected chi connectivity index (χ4v) is 8.89. The monoisotopic (exact) mass is 1200 g/mol. The van der Waals surface area contributed by atoms with E-state index < -0.39 is 35.8 Å². The minimum Gasteiger partial charge on any atom is -0.545 e. The van der Waals surface area contributed by atoms with Crippen LogP contribution in [0.15, 0.2) is 182 Å². The largest absolute Gasteiger partial charge is 1.00 e. The van der Waals surface area contributed by atoms with Crippen molar-refractivity contribution in [3.05, 3.63) is 215 Å². The van der Waals surface area contributed by atoms with Gasteiger partial charge in [-0.05, 0) is 72.8 Å². The van der Waals surface area contributed by atoms with Gasteiger partial charge in [-0.2, -0.15) is 0 Å². The molecule has 22 heteroatoms. The number of benzene rings is 6. The van der Waals surface area contributed by atoms with Gasteiger partial charge in [-0.15, -0.1) is 0 Å². The van der Waals surface area contributed by atoms with Crippen molar-refractivity contribution in [3.63, 3.8) is 0 Å². The van der Waals surface area contributed by atoms with E-state index in [1.165, 1.54) is 36.4 Å². The van der Waals surface area contributed by atoms with Gasteiger partial charge in [0.1, 0.15) is 0 Å². The molecule has 12 aromatic rings. The fourth-order valence-electron chi connectivity index (χ4n) is 8.89. The maximum absolute atomic E-state index is 11.6. The summed E-state index contributed by atoms with van der Waals surface area (Å²) >= 11 is 0. The summed E-state index contributed by atoms with van der Waals surface area (Å²) in [5.41, 5.74) is 5.01. The summed E-state index contributed by atoms with van der Waals surface area (Å²) in [6.07, 6.45) is 0. The van der Waals surface area contributed by atoms with Crippen LogP contribution in [0.25, 0.3) is 99.6 Å². The number of carbonyl (C=O) groups is 6. The van der Waals surface area contributed by atoms with E-state index in [2.05, 4.69) is 29.9 Å². The quantitative estimate of drug-likeness (QED) is 0.151. The fraction of sp³-hybridized carbons (Fsp3) is 0. The summed E-state index contributed by atoms with van der Waals surface area (Å²) in [6.45, 7) is 0. The van der Waals surface area contributed by atoms with Gasteiger partial charge in [0.2, 0.25) is 0 Å². The molecule has 0 bridgehead atoms. The first kappa shape index (κ1) is 62.8. The molecule has 0 aliphatic carbocycles. The molecular formula is C60H34Cu2N6Na2O12+.